The van der Waals surface area contributed by atoms with Crippen LogP contribution < -0.4 is 5.32 Å². The van der Waals surface area contributed by atoms with Gasteiger partial charge in [0.15, 0.2) is 0 Å². The van der Waals surface area contributed by atoms with Crippen LogP contribution >= 0.6 is 0 Å². The van der Waals surface area contributed by atoms with Crippen molar-refractivity contribution in [2.75, 3.05) is 13.1 Å². The minimum absolute atomic E-state index is 0.0603. The molecule has 2 aromatic rings. The summed E-state index contributed by atoms with van der Waals surface area (Å²) in [6.45, 7) is 1.73. The summed E-state index contributed by atoms with van der Waals surface area (Å²) in [6.07, 6.45) is 2.53. The zero-order valence-corrected chi connectivity index (χ0v) is 17.0. The zero-order chi connectivity index (χ0) is 20.9. The van der Waals surface area contributed by atoms with E-state index in [4.69, 9.17) is 0 Å². The maximum Gasteiger partial charge on any atom is 0.325 e. The number of hydrogen-bond donors (Lipinski definition) is 1. The molecule has 4 rings (SSSR count). The van der Waals surface area contributed by atoms with Crippen molar-refractivity contribution in [3.8, 4) is 0 Å². The number of carbonyl (C=O) groups is 3. The molecule has 0 radical (unpaired) electrons. The molecule has 0 aromatic heterocycles. The van der Waals surface area contributed by atoms with E-state index in [2.05, 4.69) is 29.6 Å². The van der Waals surface area contributed by atoms with Gasteiger partial charge in [0.05, 0.1) is 6.54 Å². The second kappa shape index (κ2) is 9.11. The third kappa shape index (κ3) is 4.53. The predicted molar refractivity (Wildman–Crippen MR) is 114 cm³/mol. The van der Waals surface area contributed by atoms with Crippen molar-refractivity contribution < 1.29 is 14.4 Å². The van der Waals surface area contributed by atoms with E-state index in [1.54, 1.807) is 0 Å². The van der Waals surface area contributed by atoms with Gasteiger partial charge in [-0.2, -0.15) is 0 Å². The number of likely N-dealkylation sites (tertiary alicyclic amines) is 1. The molecule has 2 aliphatic rings. The first-order valence-electron chi connectivity index (χ1n) is 10.6. The normalized spacial score (nSPS) is 19.8. The molecule has 1 N–H and O–H groups in total. The zero-order valence-electron chi connectivity index (χ0n) is 17.0. The summed E-state index contributed by atoms with van der Waals surface area (Å²) >= 11 is 0. The number of piperidine rings is 1. The van der Waals surface area contributed by atoms with Crippen LogP contribution in [0.15, 0.2) is 60.7 Å². The average molecular weight is 405 g/mol. The third-order valence-corrected chi connectivity index (χ3v) is 6.06. The fourth-order valence-electron chi connectivity index (χ4n) is 4.30. The molecule has 4 amide bonds. The van der Waals surface area contributed by atoms with E-state index in [-0.39, 0.29) is 30.8 Å². The van der Waals surface area contributed by atoms with Gasteiger partial charge in [0.2, 0.25) is 5.91 Å². The maximum absolute atomic E-state index is 12.6. The van der Waals surface area contributed by atoms with Gasteiger partial charge in [0.25, 0.3) is 5.91 Å². The van der Waals surface area contributed by atoms with Gasteiger partial charge in [0.1, 0.15) is 6.04 Å². The van der Waals surface area contributed by atoms with Gasteiger partial charge >= 0.3 is 6.03 Å². The van der Waals surface area contributed by atoms with Crippen molar-refractivity contribution in [1.29, 1.82) is 0 Å². The Kier molecular flexibility index (Phi) is 6.12. The summed E-state index contributed by atoms with van der Waals surface area (Å²) in [5, 5.41) is 2.73. The number of imide groups is 1. The Hall–Kier alpha value is -3.15. The van der Waals surface area contributed by atoms with Crippen LogP contribution in [0.1, 0.15) is 42.7 Å². The van der Waals surface area contributed by atoms with E-state index < -0.39 is 6.04 Å². The smallest absolute Gasteiger partial charge is 0.325 e. The van der Waals surface area contributed by atoms with E-state index in [9.17, 15) is 14.4 Å². The van der Waals surface area contributed by atoms with Crippen LogP contribution in [-0.2, 0) is 16.1 Å². The lowest BCUT2D eigenvalue weighted by Gasteiger charge is -2.32. The first-order valence-corrected chi connectivity index (χ1v) is 10.6. The molecule has 2 aromatic carbocycles. The van der Waals surface area contributed by atoms with Gasteiger partial charge in [-0.1, -0.05) is 60.7 Å². The van der Waals surface area contributed by atoms with Gasteiger partial charge < -0.3 is 10.2 Å². The van der Waals surface area contributed by atoms with Gasteiger partial charge in [-0.05, 0) is 36.3 Å². The SMILES string of the molecule is O=C(CC[C@H]1NC(=O)N(Cc2ccccc2)C1=O)N1CCC(c2ccccc2)CC1. The highest BCUT2D eigenvalue weighted by Crippen LogP contribution is 2.28. The Balaban J connectivity index is 1.25. The quantitative estimate of drug-likeness (QED) is 0.750. The highest BCUT2D eigenvalue weighted by Gasteiger charge is 2.38. The predicted octanol–water partition coefficient (Wildman–Crippen LogP) is 3.29. The van der Waals surface area contributed by atoms with Gasteiger partial charge in [0, 0.05) is 19.5 Å². The summed E-state index contributed by atoms with van der Waals surface area (Å²) < 4.78 is 0. The standard InChI is InChI=1S/C24H27N3O3/c28-22(26-15-13-20(14-16-26)19-9-5-2-6-10-19)12-11-21-23(29)27(24(30)25-21)17-18-7-3-1-4-8-18/h1-10,20-21H,11-17H2,(H,25,30)/t21-/m1/s1. The van der Waals surface area contributed by atoms with Gasteiger partial charge in [-0.25, -0.2) is 4.79 Å². The lowest BCUT2D eigenvalue weighted by molar-refractivity contribution is -0.132. The number of nitrogens with zero attached hydrogens (tertiary/aromatic N) is 2. The Morgan fingerprint density at radius 2 is 1.57 bits per heavy atom. The van der Waals surface area contributed by atoms with Crippen LogP contribution in [0.3, 0.4) is 0 Å². The van der Waals surface area contributed by atoms with Gasteiger partial charge in [-0.3, -0.25) is 14.5 Å². The minimum atomic E-state index is -0.618. The molecule has 2 heterocycles. The van der Waals surface area contributed by atoms with Crippen molar-refractivity contribution >= 4 is 17.8 Å². The Labute approximate surface area is 176 Å². The molecule has 2 aliphatic heterocycles. The van der Waals surface area contributed by atoms with Gasteiger partial charge in [-0.15, -0.1) is 0 Å². The fraction of sp³-hybridized carbons (Fsp3) is 0.375. The lowest BCUT2D eigenvalue weighted by Crippen LogP contribution is -2.39. The number of benzene rings is 2. The molecule has 0 saturated carbocycles. The van der Waals surface area contributed by atoms with E-state index in [1.165, 1.54) is 10.5 Å². The summed E-state index contributed by atoms with van der Waals surface area (Å²) in [5.74, 6) is 0.307. The van der Waals surface area contributed by atoms with Crippen molar-refractivity contribution in [2.45, 2.75) is 44.2 Å². The molecule has 0 spiro atoms. The molecular formula is C24H27N3O3. The Morgan fingerprint density at radius 1 is 0.933 bits per heavy atom. The van der Waals surface area contributed by atoms with Crippen molar-refractivity contribution in [3.05, 3.63) is 71.8 Å². The maximum atomic E-state index is 12.6. The van der Waals surface area contributed by atoms with E-state index in [0.717, 1.165) is 31.5 Å². The highest BCUT2D eigenvalue weighted by molar-refractivity contribution is 6.04. The molecule has 0 bridgehead atoms. The van der Waals surface area contributed by atoms with Crippen LogP contribution in [0.5, 0.6) is 0 Å². The van der Waals surface area contributed by atoms with Crippen LogP contribution in [0, 0.1) is 0 Å². The van der Waals surface area contributed by atoms with Crippen molar-refractivity contribution in [3.63, 3.8) is 0 Å². The second-order valence-electron chi connectivity index (χ2n) is 8.02. The molecule has 0 unspecified atom stereocenters. The fourth-order valence-corrected chi connectivity index (χ4v) is 4.30. The lowest BCUT2D eigenvalue weighted by atomic mass is 9.89. The average Bonchev–Trinajstić information content (AvgIpc) is 3.06. The first kappa shape index (κ1) is 20.1. The van der Waals surface area contributed by atoms with Crippen LogP contribution in [-0.4, -0.2) is 46.8 Å². The molecule has 6 nitrogen and oxygen atoms in total. The third-order valence-electron chi connectivity index (χ3n) is 6.06. The molecule has 156 valence electrons. The molecule has 30 heavy (non-hydrogen) atoms. The Morgan fingerprint density at radius 3 is 2.23 bits per heavy atom. The molecule has 0 aliphatic carbocycles. The number of urea groups is 1. The number of nitrogens with one attached hydrogen (secondary N) is 1. The van der Waals surface area contributed by atoms with Crippen LogP contribution in [0.25, 0.3) is 0 Å². The topological polar surface area (TPSA) is 69.7 Å². The number of rotatable bonds is 6. The molecule has 6 heteroatoms. The Bertz CT molecular complexity index is 892. The minimum Gasteiger partial charge on any atom is -0.343 e. The summed E-state index contributed by atoms with van der Waals surface area (Å²) in [6, 6.07) is 18.9. The van der Waals surface area contributed by atoms with Crippen molar-refractivity contribution in [1.82, 2.24) is 15.1 Å². The monoisotopic (exact) mass is 405 g/mol. The first-order chi connectivity index (χ1) is 14.6. The summed E-state index contributed by atoms with van der Waals surface area (Å²) in [4.78, 5) is 40.6. The highest BCUT2D eigenvalue weighted by atomic mass is 16.2. The summed E-state index contributed by atoms with van der Waals surface area (Å²) in [5.41, 5.74) is 2.24. The van der Waals surface area contributed by atoms with Crippen molar-refractivity contribution in [2.24, 2.45) is 0 Å². The number of hydrogen-bond acceptors (Lipinski definition) is 3. The number of amides is 4. The molecular weight excluding hydrogens is 378 g/mol. The molecule has 1 atom stereocenters. The molecule has 2 saturated heterocycles. The molecule has 2 fully saturated rings. The summed E-state index contributed by atoms with van der Waals surface area (Å²) in [7, 11) is 0. The largest absolute Gasteiger partial charge is 0.343 e. The van der Waals surface area contributed by atoms with Crippen LogP contribution in [0.4, 0.5) is 4.79 Å². The second-order valence-corrected chi connectivity index (χ2v) is 8.02. The van der Waals surface area contributed by atoms with E-state index in [0.29, 0.717) is 12.3 Å². The number of carbonyl (C=O) groups excluding carboxylic acids is 3. The van der Waals surface area contributed by atoms with E-state index >= 15 is 0 Å². The van der Waals surface area contributed by atoms with E-state index in [1.807, 2.05) is 41.3 Å². The van der Waals surface area contributed by atoms with Crippen LogP contribution in [0.2, 0.25) is 0 Å².